The number of hydrogen-bond acceptors (Lipinski definition) is 5. The molecule has 0 amide bonds. The van der Waals surface area contributed by atoms with E-state index < -0.39 is 5.67 Å². The number of imidazole rings is 1. The molecule has 2 aromatic rings. The molecule has 28 heavy (non-hydrogen) atoms. The second-order valence-electron chi connectivity index (χ2n) is 9.11. The van der Waals surface area contributed by atoms with Crippen LogP contribution < -0.4 is 15.9 Å². The van der Waals surface area contributed by atoms with Gasteiger partial charge in [-0.2, -0.15) is 4.98 Å². The molecule has 4 fully saturated rings. The second kappa shape index (κ2) is 5.43. The smallest absolute Gasteiger partial charge is 0.238 e. The highest BCUT2D eigenvalue weighted by molar-refractivity contribution is 5.67. The quantitative estimate of drug-likeness (QED) is 0.766. The van der Waals surface area contributed by atoms with E-state index in [-0.39, 0.29) is 11.4 Å². The first-order chi connectivity index (χ1) is 13.5. The van der Waals surface area contributed by atoms with Crippen molar-refractivity contribution in [2.24, 2.45) is 21.8 Å². The molecule has 3 N–H and O–H groups in total. The SMILES string of the molecule is Oc1nc(NC23CC4CC(CC(F)(C4)C2)C3)[nH]c1C=c1ccc2c(c1)N=CN=2. The van der Waals surface area contributed by atoms with E-state index in [0.29, 0.717) is 42.7 Å². The number of rotatable bonds is 3. The summed E-state index contributed by atoms with van der Waals surface area (Å²) in [5.74, 6) is 1.39. The lowest BCUT2D eigenvalue weighted by Crippen LogP contribution is -2.60. The van der Waals surface area contributed by atoms with E-state index in [1.807, 2.05) is 24.3 Å². The van der Waals surface area contributed by atoms with Crippen LogP contribution in [0.5, 0.6) is 5.88 Å². The Morgan fingerprint density at radius 1 is 1.21 bits per heavy atom. The number of nitrogens with zero attached hydrogens (tertiary/aromatic N) is 3. The molecule has 6 nitrogen and oxygen atoms in total. The molecule has 4 aliphatic carbocycles. The maximum absolute atomic E-state index is 15.2. The Morgan fingerprint density at radius 3 is 2.82 bits per heavy atom. The summed E-state index contributed by atoms with van der Waals surface area (Å²) in [5.41, 5.74) is 0.0647. The molecular formula is C21H22FN5O. The fraction of sp³-hybridized carbons (Fsp3) is 0.476. The highest BCUT2D eigenvalue weighted by atomic mass is 19.1. The van der Waals surface area contributed by atoms with Gasteiger partial charge in [-0.25, -0.2) is 14.4 Å². The lowest BCUT2D eigenvalue weighted by molar-refractivity contribution is -0.0780. The van der Waals surface area contributed by atoms with Gasteiger partial charge in [-0.3, -0.25) is 0 Å². The summed E-state index contributed by atoms with van der Waals surface area (Å²) in [6, 6.07) is 5.74. The topological polar surface area (TPSA) is 85.7 Å². The number of alkyl halides is 1. The molecular weight excluding hydrogens is 357 g/mol. The van der Waals surface area contributed by atoms with Gasteiger partial charge in [-0.1, -0.05) is 6.07 Å². The van der Waals surface area contributed by atoms with Crippen molar-refractivity contribution in [3.63, 3.8) is 0 Å². The predicted molar refractivity (Wildman–Crippen MR) is 104 cm³/mol. The van der Waals surface area contributed by atoms with E-state index in [0.717, 1.165) is 35.5 Å². The van der Waals surface area contributed by atoms with E-state index >= 15 is 4.39 Å². The number of aromatic hydroxyl groups is 1. The van der Waals surface area contributed by atoms with Crippen molar-refractivity contribution in [3.05, 3.63) is 34.5 Å². The Morgan fingerprint density at radius 2 is 2.04 bits per heavy atom. The zero-order valence-corrected chi connectivity index (χ0v) is 15.5. The van der Waals surface area contributed by atoms with Crippen LogP contribution in [0.2, 0.25) is 0 Å². The zero-order valence-electron chi connectivity index (χ0n) is 15.5. The van der Waals surface area contributed by atoms with Crippen molar-refractivity contribution in [2.45, 2.75) is 49.7 Å². The fourth-order valence-corrected chi connectivity index (χ4v) is 6.25. The molecule has 5 aliphatic rings. The molecule has 2 unspecified atom stereocenters. The molecule has 1 aromatic carbocycles. The Labute approximate surface area is 161 Å². The maximum Gasteiger partial charge on any atom is 0.238 e. The number of aromatic amines is 1. The molecule has 0 spiro atoms. The van der Waals surface area contributed by atoms with Gasteiger partial charge in [0.25, 0.3) is 0 Å². The average molecular weight is 379 g/mol. The van der Waals surface area contributed by atoms with Crippen LogP contribution in [0.4, 0.5) is 16.0 Å². The molecule has 144 valence electrons. The van der Waals surface area contributed by atoms with E-state index in [4.69, 9.17) is 0 Å². The van der Waals surface area contributed by atoms with E-state index in [2.05, 4.69) is 25.3 Å². The predicted octanol–water partition coefficient (Wildman–Crippen LogP) is 2.71. The molecule has 2 atom stereocenters. The third kappa shape index (κ3) is 2.56. The van der Waals surface area contributed by atoms with Crippen molar-refractivity contribution in [3.8, 4) is 5.88 Å². The highest BCUT2D eigenvalue weighted by Crippen LogP contribution is 2.59. The highest BCUT2D eigenvalue weighted by Gasteiger charge is 2.58. The van der Waals surface area contributed by atoms with Crippen molar-refractivity contribution >= 4 is 24.1 Å². The zero-order chi connectivity index (χ0) is 18.9. The van der Waals surface area contributed by atoms with Crippen LogP contribution in [0.1, 0.15) is 44.2 Å². The number of nitrogens with one attached hydrogen (secondary N) is 2. The normalized spacial score (nSPS) is 35.2. The van der Waals surface area contributed by atoms with Gasteiger partial charge >= 0.3 is 0 Å². The number of benzene rings is 1. The summed E-state index contributed by atoms with van der Waals surface area (Å²) < 4.78 is 15.2. The van der Waals surface area contributed by atoms with Crippen molar-refractivity contribution in [1.29, 1.82) is 0 Å². The van der Waals surface area contributed by atoms with Gasteiger partial charge in [-0.05, 0) is 67.4 Å². The van der Waals surface area contributed by atoms with Crippen LogP contribution in [0.3, 0.4) is 0 Å². The summed E-state index contributed by atoms with van der Waals surface area (Å²) >= 11 is 0. The summed E-state index contributed by atoms with van der Waals surface area (Å²) in [7, 11) is 0. The second-order valence-corrected chi connectivity index (χ2v) is 9.11. The molecule has 4 saturated carbocycles. The first-order valence-corrected chi connectivity index (χ1v) is 9.96. The maximum atomic E-state index is 15.2. The average Bonchev–Trinajstić information content (AvgIpc) is 3.18. The lowest BCUT2D eigenvalue weighted by Gasteiger charge is -2.59. The Bertz CT molecular complexity index is 1110. The summed E-state index contributed by atoms with van der Waals surface area (Å²) in [5, 5.41) is 15.5. The van der Waals surface area contributed by atoms with Crippen LogP contribution in [0, 0.1) is 11.8 Å². The van der Waals surface area contributed by atoms with E-state index in [1.165, 1.54) is 6.34 Å². The molecule has 0 saturated heterocycles. The number of fused-ring (bicyclic) bond motifs is 1. The van der Waals surface area contributed by atoms with E-state index in [9.17, 15) is 5.11 Å². The van der Waals surface area contributed by atoms with Crippen LogP contribution in [-0.2, 0) is 0 Å². The summed E-state index contributed by atoms with van der Waals surface area (Å²) in [6.45, 7) is 0. The van der Waals surface area contributed by atoms with Crippen molar-refractivity contribution in [2.75, 3.05) is 5.32 Å². The van der Waals surface area contributed by atoms with Crippen LogP contribution in [0.15, 0.2) is 28.2 Å². The molecule has 2 heterocycles. The minimum atomic E-state index is -1.03. The largest absolute Gasteiger partial charge is 0.492 e. The monoisotopic (exact) mass is 379 g/mol. The molecule has 4 bridgehead atoms. The third-order valence-corrected chi connectivity index (χ3v) is 6.79. The van der Waals surface area contributed by atoms with Gasteiger partial charge in [0.05, 0.1) is 11.0 Å². The Hall–Kier alpha value is -2.70. The molecule has 1 aliphatic heterocycles. The fourth-order valence-electron chi connectivity index (χ4n) is 6.25. The van der Waals surface area contributed by atoms with Crippen molar-refractivity contribution < 1.29 is 9.50 Å². The van der Waals surface area contributed by atoms with Gasteiger partial charge in [0, 0.05) is 12.0 Å². The number of H-pyrrole nitrogens is 1. The van der Waals surface area contributed by atoms with Gasteiger partial charge in [0.15, 0.2) is 0 Å². The Kier molecular flexibility index (Phi) is 3.15. The Balaban J connectivity index is 1.30. The van der Waals surface area contributed by atoms with Gasteiger partial charge < -0.3 is 15.4 Å². The number of aliphatic imine (C=N–C) groups is 1. The van der Waals surface area contributed by atoms with Crippen LogP contribution in [-0.4, -0.2) is 32.6 Å². The van der Waals surface area contributed by atoms with Gasteiger partial charge in [-0.15, -0.1) is 0 Å². The van der Waals surface area contributed by atoms with Gasteiger partial charge in [0.2, 0.25) is 11.8 Å². The first-order valence-electron chi connectivity index (χ1n) is 9.96. The summed E-state index contributed by atoms with van der Waals surface area (Å²) in [4.78, 5) is 15.8. The molecule has 7 rings (SSSR count). The number of anilines is 1. The third-order valence-electron chi connectivity index (χ3n) is 6.79. The number of hydrogen-bond donors (Lipinski definition) is 3. The first kappa shape index (κ1) is 16.3. The van der Waals surface area contributed by atoms with E-state index in [1.54, 1.807) is 0 Å². The van der Waals surface area contributed by atoms with Crippen LogP contribution >= 0.6 is 0 Å². The molecule has 1 aromatic heterocycles. The van der Waals surface area contributed by atoms with Crippen molar-refractivity contribution in [1.82, 2.24) is 9.97 Å². The summed E-state index contributed by atoms with van der Waals surface area (Å²) in [6.07, 6.45) is 8.46. The minimum Gasteiger partial charge on any atom is -0.492 e. The standard InChI is InChI=1S/C21H22FN5O/c22-20-6-13-3-14(7-20)9-21(8-13,10-20)27-19-25-17(18(28)26-19)5-12-1-2-15-16(4-12)24-11-23-15/h1-2,4-5,11,13-14,28H,3,6-10H2,(H2,25,26,27). The van der Waals surface area contributed by atoms with Crippen LogP contribution in [0.25, 0.3) is 6.08 Å². The lowest BCUT2D eigenvalue weighted by atomic mass is 9.52. The number of halogens is 1. The van der Waals surface area contributed by atoms with Gasteiger partial charge in [0.1, 0.15) is 17.7 Å². The molecule has 7 heteroatoms. The molecule has 0 radical (unpaired) electrons. The minimum absolute atomic E-state index is 0.0594. The number of aromatic nitrogens is 2.